The van der Waals surface area contributed by atoms with E-state index < -0.39 is 4.92 Å². The van der Waals surface area contributed by atoms with Crippen LogP contribution in [0.1, 0.15) is 11.3 Å². The molecule has 1 N–H and O–H groups in total. The summed E-state index contributed by atoms with van der Waals surface area (Å²) in [6.45, 7) is 2.56. The Bertz CT molecular complexity index is 848. The summed E-state index contributed by atoms with van der Waals surface area (Å²) < 4.78 is 0. The van der Waals surface area contributed by atoms with Gasteiger partial charge in [-0.25, -0.2) is 0 Å². The third-order valence-corrected chi connectivity index (χ3v) is 3.56. The highest BCUT2D eigenvalue weighted by molar-refractivity contribution is 5.99. The van der Waals surface area contributed by atoms with Crippen molar-refractivity contribution in [2.45, 2.75) is 13.5 Å². The Morgan fingerprint density at radius 2 is 2.05 bits per heavy atom. The van der Waals surface area contributed by atoms with Gasteiger partial charge in [0.2, 0.25) is 0 Å². The molecule has 0 aliphatic carbocycles. The number of hydrogen-bond acceptors (Lipinski definition) is 5. The average Bonchev–Trinajstić information content (AvgIpc) is 2.53. The lowest BCUT2D eigenvalue weighted by molar-refractivity contribution is -0.383. The number of nitrogens with one attached hydrogen (secondary N) is 1. The lowest BCUT2D eigenvalue weighted by Crippen LogP contribution is -2.04. The molecular weight excluding hydrogens is 280 g/mol. The van der Waals surface area contributed by atoms with Crippen LogP contribution in [-0.4, -0.2) is 14.9 Å². The van der Waals surface area contributed by atoms with E-state index in [1.54, 1.807) is 24.5 Å². The van der Waals surface area contributed by atoms with Crippen LogP contribution >= 0.6 is 0 Å². The minimum absolute atomic E-state index is 0.0580. The summed E-state index contributed by atoms with van der Waals surface area (Å²) in [7, 11) is 0. The second-order valence-electron chi connectivity index (χ2n) is 4.93. The summed E-state index contributed by atoms with van der Waals surface area (Å²) in [5.41, 5.74) is 2.93. The number of benzene rings is 1. The van der Waals surface area contributed by atoms with E-state index in [2.05, 4.69) is 15.3 Å². The van der Waals surface area contributed by atoms with Crippen LogP contribution in [-0.2, 0) is 6.54 Å². The second-order valence-corrected chi connectivity index (χ2v) is 4.93. The third kappa shape index (κ3) is 2.58. The molecule has 0 bridgehead atoms. The van der Waals surface area contributed by atoms with Crippen LogP contribution in [0.4, 0.5) is 11.4 Å². The molecule has 3 aromatic rings. The predicted octanol–water partition coefficient (Wildman–Crippen LogP) is 3.46. The molecule has 0 aliphatic heterocycles. The summed E-state index contributed by atoms with van der Waals surface area (Å²) >= 11 is 0. The normalized spacial score (nSPS) is 10.6. The molecule has 2 aromatic heterocycles. The van der Waals surface area contributed by atoms with Gasteiger partial charge in [-0.2, -0.15) is 0 Å². The zero-order chi connectivity index (χ0) is 15.5. The number of hydrogen-bond donors (Lipinski definition) is 1. The summed E-state index contributed by atoms with van der Waals surface area (Å²) in [4.78, 5) is 19.0. The van der Waals surface area contributed by atoms with Crippen LogP contribution in [0, 0.1) is 17.0 Å². The maximum absolute atomic E-state index is 11.1. The van der Waals surface area contributed by atoms with Gasteiger partial charge in [0.05, 0.1) is 22.5 Å². The van der Waals surface area contributed by atoms with Crippen molar-refractivity contribution in [3.8, 4) is 0 Å². The number of aryl methyl sites for hydroxylation is 1. The van der Waals surface area contributed by atoms with E-state index in [-0.39, 0.29) is 5.69 Å². The summed E-state index contributed by atoms with van der Waals surface area (Å²) in [6.07, 6.45) is 4.90. The summed E-state index contributed by atoms with van der Waals surface area (Å²) in [5.74, 6) is 0. The minimum Gasteiger partial charge on any atom is -0.379 e. The molecule has 1 aromatic carbocycles. The highest BCUT2D eigenvalue weighted by atomic mass is 16.6. The topological polar surface area (TPSA) is 81.0 Å². The minimum atomic E-state index is -0.392. The van der Waals surface area contributed by atoms with Gasteiger partial charge in [-0.15, -0.1) is 0 Å². The molecule has 0 unspecified atom stereocenters. The smallest absolute Gasteiger partial charge is 0.278 e. The molecule has 0 fully saturated rings. The standard InChI is InChI=1S/C16H14N4O2/c1-11-3-2-7-18-15(11)10-19-14-4-5-16(20(21)22)13-9-17-8-6-12(13)14/h2-9,19H,10H2,1H3. The van der Waals surface area contributed by atoms with Crippen LogP contribution in [0.5, 0.6) is 0 Å². The van der Waals surface area contributed by atoms with Crippen molar-refractivity contribution in [3.63, 3.8) is 0 Å². The quantitative estimate of drug-likeness (QED) is 0.588. The van der Waals surface area contributed by atoms with Crippen LogP contribution in [0.25, 0.3) is 10.8 Å². The first kappa shape index (κ1) is 13.9. The molecule has 22 heavy (non-hydrogen) atoms. The van der Waals surface area contributed by atoms with Crippen molar-refractivity contribution in [1.82, 2.24) is 9.97 Å². The Morgan fingerprint density at radius 1 is 1.18 bits per heavy atom. The maximum atomic E-state index is 11.1. The molecule has 0 aliphatic rings. The van der Waals surface area contributed by atoms with Gasteiger partial charge < -0.3 is 5.32 Å². The Labute approximate surface area is 127 Å². The Kier molecular flexibility index (Phi) is 3.65. The number of pyridine rings is 2. The van der Waals surface area contributed by atoms with Crippen LogP contribution < -0.4 is 5.32 Å². The second kappa shape index (κ2) is 5.77. The molecule has 2 heterocycles. The Hall–Kier alpha value is -3.02. The fraction of sp³-hybridized carbons (Fsp3) is 0.125. The summed E-state index contributed by atoms with van der Waals surface area (Å²) in [6, 6.07) is 8.89. The molecule has 110 valence electrons. The van der Waals surface area contributed by atoms with E-state index in [1.165, 1.54) is 12.3 Å². The largest absolute Gasteiger partial charge is 0.379 e. The van der Waals surface area contributed by atoms with Crippen molar-refractivity contribution >= 4 is 22.1 Å². The number of nitro benzene ring substituents is 1. The molecule has 0 radical (unpaired) electrons. The van der Waals surface area contributed by atoms with E-state index in [4.69, 9.17) is 0 Å². The predicted molar refractivity (Wildman–Crippen MR) is 84.7 cm³/mol. The molecule has 6 heteroatoms. The average molecular weight is 294 g/mol. The number of non-ortho nitro benzene ring substituents is 1. The number of anilines is 1. The molecule has 0 atom stereocenters. The van der Waals surface area contributed by atoms with Crippen molar-refractivity contribution in [3.05, 3.63) is 70.3 Å². The van der Waals surface area contributed by atoms with E-state index in [0.717, 1.165) is 22.3 Å². The SMILES string of the molecule is Cc1cccnc1CNc1ccc([N+](=O)[O-])c2cnccc12. The highest BCUT2D eigenvalue weighted by Gasteiger charge is 2.14. The van der Waals surface area contributed by atoms with Gasteiger partial charge in [-0.05, 0) is 30.7 Å². The van der Waals surface area contributed by atoms with Gasteiger partial charge in [-0.1, -0.05) is 6.07 Å². The van der Waals surface area contributed by atoms with Crippen molar-refractivity contribution in [1.29, 1.82) is 0 Å². The zero-order valence-electron chi connectivity index (χ0n) is 12.0. The van der Waals surface area contributed by atoms with Gasteiger partial charge in [-0.3, -0.25) is 20.1 Å². The van der Waals surface area contributed by atoms with Crippen LogP contribution in [0.2, 0.25) is 0 Å². The number of fused-ring (bicyclic) bond motifs is 1. The molecular formula is C16H14N4O2. The van der Waals surface area contributed by atoms with Crippen molar-refractivity contribution in [2.24, 2.45) is 0 Å². The molecule has 0 saturated heterocycles. The first-order chi connectivity index (χ1) is 10.7. The van der Waals surface area contributed by atoms with E-state index in [9.17, 15) is 10.1 Å². The zero-order valence-corrected chi connectivity index (χ0v) is 12.0. The maximum Gasteiger partial charge on any atom is 0.278 e. The first-order valence-corrected chi connectivity index (χ1v) is 6.82. The van der Waals surface area contributed by atoms with Gasteiger partial charge >= 0.3 is 0 Å². The van der Waals surface area contributed by atoms with Crippen molar-refractivity contribution < 1.29 is 4.92 Å². The van der Waals surface area contributed by atoms with Gasteiger partial charge in [0, 0.05) is 35.7 Å². The molecule has 6 nitrogen and oxygen atoms in total. The third-order valence-electron chi connectivity index (χ3n) is 3.56. The molecule has 0 spiro atoms. The Balaban J connectivity index is 1.97. The molecule has 0 saturated carbocycles. The fourth-order valence-electron chi connectivity index (χ4n) is 2.37. The lowest BCUT2D eigenvalue weighted by atomic mass is 10.1. The highest BCUT2D eigenvalue weighted by Crippen LogP contribution is 2.30. The number of nitrogens with zero attached hydrogens (tertiary/aromatic N) is 3. The van der Waals surface area contributed by atoms with Gasteiger partial charge in [0.25, 0.3) is 5.69 Å². The first-order valence-electron chi connectivity index (χ1n) is 6.82. The van der Waals surface area contributed by atoms with Crippen LogP contribution in [0.3, 0.4) is 0 Å². The number of rotatable bonds is 4. The van der Waals surface area contributed by atoms with Crippen molar-refractivity contribution in [2.75, 3.05) is 5.32 Å². The van der Waals surface area contributed by atoms with Crippen LogP contribution in [0.15, 0.2) is 48.9 Å². The Morgan fingerprint density at radius 3 is 2.82 bits per heavy atom. The number of aromatic nitrogens is 2. The lowest BCUT2D eigenvalue weighted by Gasteiger charge is -2.11. The van der Waals surface area contributed by atoms with Gasteiger partial charge in [0.1, 0.15) is 0 Å². The summed E-state index contributed by atoms with van der Waals surface area (Å²) in [5, 5.41) is 15.7. The van der Waals surface area contributed by atoms with Gasteiger partial charge in [0.15, 0.2) is 0 Å². The van der Waals surface area contributed by atoms with E-state index >= 15 is 0 Å². The number of nitro groups is 1. The van der Waals surface area contributed by atoms with E-state index in [0.29, 0.717) is 11.9 Å². The fourth-order valence-corrected chi connectivity index (χ4v) is 2.37. The molecule has 0 amide bonds. The van der Waals surface area contributed by atoms with E-state index in [1.807, 2.05) is 19.1 Å². The molecule has 3 rings (SSSR count). The monoisotopic (exact) mass is 294 g/mol.